The maximum absolute atomic E-state index is 13.9. The summed E-state index contributed by atoms with van der Waals surface area (Å²) in [6, 6.07) is 10.7. The lowest BCUT2D eigenvalue weighted by atomic mass is 9.95. The Bertz CT molecular complexity index is 1690. The van der Waals surface area contributed by atoms with Crippen molar-refractivity contribution in [3.8, 4) is 0 Å². The van der Waals surface area contributed by atoms with Gasteiger partial charge in [0.05, 0.1) is 30.3 Å². The van der Waals surface area contributed by atoms with E-state index in [-0.39, 0.29) is 41.0 Å². The summed E-state index contributed by atoms with van der Waals surface area (Å²) in [5.74, 6) is -1.36. The molecule has 0 spiro atoms. The van der Waals surface area contributed by atoms with Gasteiger partial charge < -0.3 is 14.8 Å². The first-order chi connectivity index (χ1) is 21.1. The molecule has 232 valence electrons. The minimum Gasteiger partial charge on any atom is -0.466 e. The highest BCUT2D eigenvalue weighted by Gasteiger charge is 2.35. The van der Waals surface area contributed by atoms with Crippen LogP contribution in [0, 0.1) is 5.82 Å². The lowest BCUT2D eigenvalue weighted by Crippen LogP contribution is -2.46. The van der Waals surface area contributed by atoms with E-state index in [9.17, 15) is 22.4 Å². The summed E-state index contributed by atoms with van der Waals surface area (Å²) in [6.07, 6.45) is 1.49. The summed E-state index contributed by atoms with van der Waals surface area (Å²) in [5, 5.41) is 5.75. The number of sulfonamides is 1. The number of nitrogens with zero attached hydrogens (tertiary/aromatic N) is 3. The van der Waals surface area contributed by atoms with Crippen molar-refractivity contribution >= 4 is 50.7 Å². The largest absolute Gasteiger partial charge is 0.466 e. The molecular formula is C29H29ClFN5O6S2. The number of morpholine rings is 1. The highest BCUT2D eigenvalue weighted by atomic mass is 35.5. The van der Waals surface area contributed by atoms with Crippen LogP contribution >= 0.6 is 22.9 Å². The zero-order valence-corrected chi connectivity index (χ0v) is 25.9. The number of amides is 1. The molecule has 0 bridgehead atoms. The van der Waals surface area contributed by atoms with E-state index in [1.165, 1.54) is 48.8 Å². The number of ether oxygens (including phenoxy) is 2. The third kappa shape index (κ3) is 7.50. The highest BCUT2D eigenvalue weighted by Crippen LogP contribution is 2.37. The smallest absolute Gasteiger partial charge is 0.338 e. The number of nitrogens with one attached hydrogen (secondary N) is 2. The second kappa shape index (κ2) is 13.9. The summed E-state index contributed by atoms with van der Waals surface area (Å²) in [5.41, 5.74) is 1.16. The predicted molar refractivity (Wildman–Crippen MR) is 162 cm³/mol. The standard InChI is InChI=1S/C29H29ClFN5O6S2/c1-41-29(38)25-23(33-27(28-32-11-14-43-28)34-26(25)21-9-7-18(31)15-22(21)30)17-36-12-13-42-19(16-36)8-10-24(37)35-44(39,40)20-5-3-2-4-6-20/h2-7,9,11,14-15,19,26H,8,10,12-13,16-17H2,1H3,(H,33,34)(H,35,37). The molecule has 2 aromatic carbocycles. The molecule has 3 heterocycles. The summed E-state index contributed by atoms with van der Waals surface area (Å²) < 4.78 is 52.0. The van der Waals surface area contributed by atoms with Crippen LogP contribution in [0.5, 0.6) is 0 Å². The first kappa shape index (κ1) is 31.7. The van der Waals surface area contributed by atoms with Gasteiger partial charge in [-0.2, -0.15) is 0 Å². The number of esters is 1. The normalized spacial score (nSPS) is 19.2. The van der Waals surface area contributed by atoms with E-state index in [0.29, 0.717) is 41.8 Å². The number of benzene rings is 2. The highest BCUT2D eigenvalue weighted by molar-refractivity contribution is 7.90. The topological polar surface area (TPSA) is 139 Å². The van der Waals surface area contributed by atoms with Crippen molar-refractivity contribution in [1.29, 1.82) is 0 Å². The summed E-state index contributed by atoms with van der Waals surface area (Å²) in [4.78, 5) is 36.8. The minimum atomic E-state index is -3.97. The molecule has 2 atom stereocenters. The zero-order chi connectivity index (χ0) is 31.3. The van der Waals surface area contributed by atoms with Gasteiger partial charge in [0.2, 0.25) is 5.91 Å². The van der Waals surface area contributed by atoms with Crippen molar-refractivity contribution in [3.63, 3.8) is 0 Å². The number of carbonyl (C=O) groups is 2. The van der Waals surface area contributed by atoms with Crippen molar-refractivity contribution in [1.82, 2.24) is 19.9 Å². The molecule has 0 saturated carbocycles. The average molecular weight is 662 g/mol. The zero-order valence-electron chi connectivity index (χ0n) is 23.5. The number of thiazole rings is 1. The monoisotopic (exact) mass is 661 g/mol. The molecular weight excluding hydrogens is 633 g/mol. The quantitative estimate of drug-likeness (QED) is 0.313. The van der Waals surface area contributed by atoms with Gasteiger partial charge in [-0.05, 0) is 30.7 Å². The van der Waals surface area contributed by atoms with Gasteiger partial charge in [0.25, 0.3) is 10.0 Å². The molecule has 2 aliphatic heterocycles. The molecule has 1 saturated heterocycles. The van der Waals surface area contributed by atoms with Gasteiger partial charge in [-0.1, -0.05) is 35.9 Å². The van der Waals surface area contributed by atoms with Crippen LogP contribution in [0.2, 0.25) is 5.02 Å². The maximum Gasteiger partial charge on any atom is 0.338 e. The summed E-state index contributed by atoms with van der Waals surface area (Å²) in [6.45, 7) is 1.55. The Morgan fingerprint density at radius 1 is 1.25 bits per heavy atom. The van der Waals surface area contributed by atoms with Crippen molar-refractivity contribution in [2.75, 3.05) is 33.4 Å². The van der Waals surface area contributed by atoms with Crippen molar-refractivity contribution in [2.24, 2.45) is 4.99 Å². The maximum atomic E-state index is 13.9. The van der Waals surface area contributed by atoms with Crippen LogP contribution in [0.4, 0.5) is 4.39 Å². The van der Waals surface area contributed by atoms with E-state index in [1.54, 1.807) is 29.8 Å². The lowest BCUT2D eigenvalue weighted by Gasteiger charge is -2.35. The molecule has 5 rings (SSSR count). The average Bonchev–Trinajstić information content (AvgIpc) is 3.55. The Morgan fingerprint density at radius 3 is 2.75 bits per heavy atom. The van der Waals surface area contributed by atoms with Gasteiger partial charge in [0.1, 0.15) is 11.9 Å². The first-order valence-corrected chi connectivity index (χ1v) is 16.3. The minimum absolute atomic E-state index is 0.00370. The molecule has 2 aliphatic rings. The number of hydrogen-bond acceptors (Lipinski definition) is 11. The second-order valence-corrected chi connectivity index (χ2v) is 13.0. The Labute approximate surface area is 262 Å². The number of carbonyl (C=O) groups excluding carboxylic acids is 2. The number of halogens is 2. The SMILES string of the molecule is COC(=O)C1=C(CN2CCOC(CCC(=O)NS(=O)(=O)c3ccccc3)C2)NC(c2nccs2)=NC1c1ccc(F)cc1Cl. The van der Waals surface area contributed by atoms with Crippen LogP contribution in [-0.4, -0.2) is 75.5 Å². The lowest BCUT2D eigenvalue weighted by molar-refractivity contribution is -0.136. The Hall–Kier alpha value is -3.69. The summed E-state index contributed by atoms with van der Waals surface area (Å²) >= 11 is 7.79. The van der Waals surface area contributed by atoms with Gasteiger partial charge in [-0.15, -0.1) is 11.3 Å². The molecule has 2 N–H and O–H groups in total. The second-order valence-electron chi connectivity index (χ2n) is 10.0. The molecule has 3 aromatic rings. The predicted octanol–water partition coefficient (Wildman–Crippen LogP) is 3.44. The molecule has 44 heavy (non-hydrogen) atoms. The van der Waals surface area contributed by atoms with Gasteiger partial charge in [0.15, 0.2) is 10.8 Å². The Kier molecular flexibility index (Phi) is 10.1. The van der Waals surface area contributed by atoms with Gasteiger partial charge in [-0.25, -0.2) is 27.3 Å². The van der Waals surface area contributed by atoms with Crippen LogP contribution in [-0.2, 0) is 29.1 Å². The number of hydrogen-bond donors (Lipinski definition) is 2. The number of aromatic nitrogens is 1. The van der Waals surface area contributed by atoms with Gasteiger partial charge in [0, 0.05) is 53.9 Å². The first-order valence-electron chi connectivity index (χ1n) is 13.6. The molecule has 15 heteroatoms. The van der Waals surface area contributed by atoms with E-state index in [0.717, 1.165) is 0 Å². The molecule has 1 amide bonds. The Morgan fingerprint density at radius 2 is 2.05 bits per heavy atom. The van der Waals surface area contributed by atoms with Crippen molar-refractivity contribution < 1.29 is 31.9 Å². The van der Waals surface area contributed by atoms with Crippen LogP contribution in [0.3, 0.4) is 0 Å². The Balaban J connectivity index is 1.33. The van der Waals surface area contributed by atoms with Crippen molar-refractivity contribution in [2.45, 2.75) is 29.9 Å². The number of rotatable bonds is 10. The summed E-state index contributed by atoms with van der Waals surface area (Å²) in [7, 11) is -2.70. The third-order valence-electron chi connectivity index (χ3n) is 7.02. The molecule has 0 aliphatic carbocycles. The number of aliphatic imine (C=N–C) groups is 1. The number of amidine groups is 1. The van der Waals surface area contributed by atoms with Crippen LogP contribution < -0.4 is 10.0 Å². The molecule has 11 nitrogen and oxygen atoms in total. The fourth-order valence-electron chi connectivity index (χ4n) is 4.94. The van der Waals surface area contributed by atoms with Crippen LogP contribution in [0.25, 0.3) is 0 Å². The fraction of sp³-hybridized carbons (Fsp3) is 0.310. The molecule has 0 radical (unpaired) electrons. The van der Waals surface area contributed by atoms with Gasteiger partial charge in [-0.3, -0.25) is 14.7 Å². The van der Waals surface area contributed by atoms with E-state index in [1.807, 2.05) is 4.90 Å². The van der Waals surface area contributed by atoms with Crippen molar-refractivity contribution in [3.05, 3.63) is 92.8 Å². The third-order valence-corrected chi connectivity index (χ3v) is 9.52. The van der Waals surface area contributed by atoms with Crippen LogP contribution in [0.15, 0.2) is 81.3 Å². The number of methoxy groups -OCH3 is 1. The fourth-order valence-corrected chi connectivity index (χ4v) is 6.84. The molecule has 2 unspecified atom stereocenters. The molecule has 1 fully saturated rings. The van der Waals surface area contributed by atoms with E-state index >= 15 is 0 Å². The van der Waals surface area contributed by atoms with Crippen LogP contribution in [0.1, 0.15) is 29.5 Å². The van der Waals surface area contributed by atoms with E-state index in [2.05, 4.69) is 15.0 Å². The van der Waals surface area contributed by atoms with E-state index < -0.39 is 33.8 Å². The van der Waals surface area contributed by atoms with Gasteiger partial charge >= 0.3 is 5.97 Å². The van der Waals surface area contributed by atoms with E-state index in [4.69, 9.17) is 26.1 Å². The molecule has 1 aromatic heterocycles.